The maximum Gasteiger partial charge on any atom is 0.138 e. The van der Waals surface area contributed by atoms with E-state index in [1.807, 2.05) is 30.5 Å². The molecule has 5 heteroatoms. The van der Waals surface area contributed by atoms with E-state index in [0.29, 0.717) is 6.04 Å². The zero-order chi connectivity index (χ0) is 15.5. The van der Waals surface area contributed by atoms with Gasteiger partial charge in [0.1, 0.15) is 18.0 Å². The first-order chi connectivity index (χ1) is 11.4. The van der Waals surface area contributed by atoms with Gasteiger partial charge in [0.05, 0.1) is 18.5 Å². The third-order valence-corrected chi connectivity index (χ3v) is 4.66. The molecule has 0 aromatic carbocycles. The maximum absolute atomic E-state index is 6.11. The first-order valence-corrected chi connectivity index (χ1v) is 8.22. The van der Waals surface area contributed by atoms with E-state index in [1.165, 1.54) is 0 Å². The van der Waals surface area contributed by atoms with Crippen LogP contribution in [0.5, 0.6) is 5.75 Å². The molecule has 1 saturated heterocycles. The zero-order valence-electron chi connectivity index (χ0n) is 13.0. The van der Waals surface area contributed by atoms with E-state index in [2.05, 4.69) is 20.9 Å². The first-order valence-electron chi connectivity index (χ1n) is 8.22. The first kappa shape index (κ1) is 14.6. The molecule has 3 heterocycles. The highest BCUT2D eigenvalue weighted by molar-refractivity contribution is 5.17. The number of aromatic nitrogens is 2. The molecule has 5 nitrogen and oxygen atoms in total. The van der Waals surface area contributed by atoms with Gasteiger partial charge in [-0.2, -0.15) is 0 Å². The molecule has 2 aromatic heterocycles. The van der Waals surface area contributed by atoms with Crippen LogP contribution in [0.4, 0.5) is 0 Å². The molecule has 0 spiro atoms. The Morgan fingerprint density at radius 2 is 2.17 bits per heavy atom. The van der Waals surface area contributed by atoms with Gasteiger partial charge < -0.3 is 9.47 Å². The third kappa shape index (κ3) is 3.21. The highest BCUT2D eigenvalue weighted by Crippen LogP contribution is 2.33. The van der Waals surface area contributed by atoms with Crippen molar-refractivity contribution in [1.29, 1.82) is 0 Å². The van der Waals surface area contributed by atoms with Crippen LogP contribution >= 0.6 is 0 Å². The van der Waals surface area contributed by atoms with Gasteiger partial charge in [-0.25, -0.2) is 0 Å². The monoisotopic (exact) mass is 311 g/mol. The summed E-state index contributed by atoms with van der Waals surface area (Å²) < 4.78 is 12.2. The van der Waals surface area contributed by atoms with Crippen LogP contribution in [0.3, 0.4) is 0 Å². The maximum atomic E-state index is 6.11. The van der Waals surface area contributed by atoms with Crippen LogP contribution < -0.4 is 4.74 Å². The van der Waals surface area contributed by atoms with Gasteiger partial charge >= 0.3 is 0 Å². The lowest BCUT2D eigenvalue weighted by molar-refractivity contribution is -0.0919. The van der Waals surface area contributed by atoms with Crippen LogP contribution in [-0.4, -0.2) is 46.3 Å². The quantitative estimate of drug-likeness (QED) is 0.867. The SMILES string of the molecule is c1ccc(CN2CCO[C@@H]3[C@@H](Oc4cccnc4)CC[C@H]32)nc1. The summed E-state index contributed by atoms with van der Waals surface area (Å²) in [7, 11) is 0. The highest BCUT2D eigenvalue weighted by Gasteiger charge is 2.44. The molecule has 2 aromatic rings. The molecule has 0 bridgehead atoms. The van der Waals surface area contributed by atoms with Crippen molar-refractivity contribution in [1.82, 2.24) is 14.9 Å². The van der Waals surface area contributed by atoms with Crippen LogP contribution in [0.25, 0.3) is 0 Å². The molecule has 1 aliphatic heterocycles. The molecule has 3 atom stereocenters. The number of fused-ring (bicyclic) bond motifs is 1. The van der Waals surface area contributed by atoms with Crippen molar-refractivity contribution in [2.24, 2.45) is 0 Å². The Labute approximate surface area is 136 Å². The number of hydrogen-bond donors (Lipinski definition) is 0. The summed E-state index contributed by atoms with van der Waals surface area (Å²) in [4.78, 5) is 11.1. The number of hydrogen-bond acceptors (Lipinski definition) is 5. The summed E-state index contributed by atoms with van der Waals surface area (Å²) in [5, 5.41) is 0. The number of nitrogens with zero attached hydrogens (tertiary/aromatic N) is 3. The minimum Gasteiger partial charge on any atom is -0.486 e. The molecule has 1 aliphatic carbocycles. The largest absolute Gasteiger partial charge is 0.486 e. The lowest BCUT2D eigenvalue weighted by Gasteiger charge is -2.38. The van der Waals surface area contributed by atoms with Gasteiger partial charge in [0.15, 0.2) is 0 Å². The Hall–Kier alpha value is -1.98. The second-order valence-electron chi connectivity index (χ2n) is 6.12. The van der Waals surface area contributed by atoms with Crippen molar-refractivity contribution < 1.29 is 9.47 Å². The summed E-state index contributed by atoms with van der Waals surface area (Å²) in [6, 6.07) is 10.4. The van der Waals surface area contributed by atoms with Crippen LogP contribution in [0.2, 0.25) is 0 Å². The highest BCUT2D eigenvalue weighted by atomic mass is 16.5. The van der Waals surface area contributed by atoms with Crippen molar-refractivity contribution in [2.45, 2.75) is 37.6 Å². The van der Waals surface area contributed by atoms with E-state index in [4.69, 9.17) is 9.47 Å². The van der Waals surface area contributed by atoms with Gasteiger partial charge in [-0.05, 0) is 37.1 Å². The molecule has 23 heavy (non-hydrogen) atoms. The Morgan fingerprint density at radius 3 is 3.00 bits per heavy atom. The summed E-state index contributed by atoms with van der Waals surface area (Å²) in [5.74, 6) is 0.823. The lowest BCUT2D eigenvalue weighted by atomic mass is 10.1. The average Bonchev–Trinajstić information content (AvgIpc) is 3.01. The Morgan fingerprint density at radius 1 is 1.17 bits per heavy atom. The lowest BCUT2D eigenvalue weighted by Crippen LogP contribution is -2.51. The normalized spacial score (nSPS) is 27.6. The molecule has 4 rings (SSSR count). The van der Waals surface area contributed by atoms with Gasteiger partial charge in [0.25, 0.3) is 0 Å². The number of ether oxygens (including phenoxy) is 2. The van der Waals surface area contributed by atoms with E-state index in [1.54, 1.807) is 12.4 Å². The smallest absolute Gasteiger partial charge is 0.138 e. The van der Waals surface area contributed by atoms with E-state index < -0.39 is 0 Å². The Bertz CT molecular complexity index is 623. The summed E-state index contributed by atoms with van der Waals surface area (Å²) >= 11 is 0. The molecule has 120 valence electrons. The van der Waals surface area contributed by atoms with Crippen molar-refractivity contribution >= 4 is 0 Å². The molecule has 0 radical (unpaired) electrons. The predicted molar refractivity (Wildman–Crippen MR) is 86.1 cm³/mol. The number of rotatable bonds is 4. The van der Waals surface area contributed by atoms with Crippen molar-refractivity contribution in [2.75, 3.05) is 13.2 Å². The topological polar surface area (TPSA) is 47.5 Å². The standard InChI is InChI=1S/C18H21N3O2/c1-2-9-20-14(4-1)13-21-10-11-22-18-16(21)6-7-17(18)23-15-5-3-8-19-12-15/h1-5,8-9,12,16-18H,6-7,10-11,13H2/t16-,17+,18+/m1/s1. The molecule has 2 aliphatic rings. The van der Waals surface area contributed by atoms with E-state index in [9.17, 15) is 0 Å². The summed E-state index contributed by atoms with van der Waals surface area (Å²) in [6.07, 6.45) is 7.74. The second-order valence-corrected chi connectivity index (χ2v) is 6.12. The van der Waals surface area contributed by atoms with Crippen molar-refractivity contribution in [3.63, 3.8) is 0 Å². The average molecular weight is 311 g/mol. The fourth-order valence-corrected chi connectivity index (χ4v) is 3.61. The number of pyridine rings is 2. The van der Waals surface area contributed by atoms with Crippen molar-refractivity contribution in [3.8, 4) is 5.75 Å². The minimum absolute atomic E-state index is 0.107. The molecule has 0 N–H and O–H groups in total. The van der Waals surface area contributed by atoms with Gasteiger partial charge in [0, 0.05) is 31.5 Å². The minimum atomic E-state index is 0.107. The Balaban J connectivity index is 1.44. The van der Waals surface area contributed by atoms with E-state index in [0.717, 1.165) is 44.0 Å². The van der Waals surface area contributed by atoms with Crippen LogP contribution in [0.15, 0.2) is 48.9 Å². The second kappa shape index (κ2) is 6.64. The number of morpholine rings is 1. The van der Waals surface area contributed by atoms with Gasteiger partial charge in [-0.3, -0.25) is 14.9 Å². The fourth-order valence-electron chi connectivity index (χ4n) is 3.61. The zero-order valence-corrected chi connectivity index (χ0v) is 13.0. The van der Waals surface area contributed by atoms with Gasteiger partial charge in [-0.1, -0.05) is 6.07 Å². The fraction of sp³-hybridized carbons (Fsp3) is 0.444. The summed E-state index contributed by atoms with van der Waals surface area (Å²) in [5.41, 5.74) is 1.12. The molecular formula is C18H21N3O2. The van der Waals surface area contributed by atoms with Crippen molar-refractivity contribution in [3.05, 3.63) is 54.6 Å². The molecule has 0 amide bonds. The third-order valence-electron chi connectivity index (χ3n) is 4.66. The molecule has 2 fully saturated rings. The van der Waals surface area contributed by atoms with Crippen LogP contribution in [-0.2, 0) is 11.3 Å². The molecular weight excluding hydrogens is 290 g/mol. The van der Waals surface area contributed by atoms with E-state index in [-0.39, 0.29) is 12.2 Å². The van der Waals surface area contributed by atoms with Gasteiger partial charge in [-0.15, -0.1) is 0 Å². The van der Waals surface area contributed by atoms with Gasteiger partial charge in [0.2, 0.25) is 0 Å². The van der Waals surface area contributed by atoms with Crippen LogP contribution in [0, 0.1) is 0 Å². The Kier molecular flexibility index (Phi) is 4.22. The van der Waals surface area contributed by atoms with Crippen LogP contribution in [0.1, 0.15) is 18.5 Å². The summed E-state index contributed by atoms with van der Waals surface area (Å²) in [6.45, 7) is 2.59. The molecule has 0 unspecified atom stereocenters. The van der Waals surface area contributed by atoms with E-state index >= 15 is 0 Å². The predicted octanol–water partition coefficient (Wildman–Crippen LogP) is 2.29. The molecule has 1 saturated carbocycles.